The smallest absolute Gasteiger partial charge is 0.237 e. The highest BCUT2D eigenvalue weighted by Gasteiger charge is 2.19. The fourth-order valence-electron chi connectivity index (χ4n) is 1.87. The lowest BCUT2D eigenvalue weighted by Crippen LogP contribution is -2.46. The van der Waals surface area contributed by atoms with Crippen molar-refractivity contribution < 1.29 is 9.59 Å². The van der Waals surface area contributed by atoms with Crippen LogP contribution in [0.1, 0.15) is 32.1 Å². The molecule has 2 amide bonds. The molecule has 0 bridgehead atoms. The second kappa shape index (κ2) is 9.16. The zero-order chi connectivity index (χ0) is 12.7. The van der Waals surface area contributed by atoms with Crippen LogP contribution in [0.15, 0.2) is 0 Å². The lowest BCUT2D eigenvalue weighted by atomic mass is 10.0. The van der Waals surface area contributed by atoms with E-state index in [1.54, 1.807) is 19.0 Å². The van der Waals surface area contributed by atoms with Crippen LogP contribution in [0.2, 0.25) is 0 Å². The van der Waals surface area contributed by atoms with Crippen molar-refractivity contribution in [2.45, 2.75) is 38.1 Å². The van der Waals surface area contributed by atoms with Gasteiger partial charge in [-0.25, -0.2) is 0 Å². The van der Waals surface area contributed by atoms with E-state index in [0.29, 0.717) is 19.4 Å². The maximum Gasteiger partial charge on any atom is 0.237 e. The van der Waals surface area contributed by atoms with Gasteiger partial charge in [-0.15, -0.1) is 12.4 Å². The Labute approximate surface area is 115 Å². The molecule has 1 heterocycles. The van der Waals surface area contributed by atoms with E-state index in [1.165, 1.54) is 0 Å². The van der Waals surface area contributed by atoms with Gasteiger partial charge in [0.25, 0.3) is 0 Å². The van der Waals surface area contributed by atoms with Crippen LogP contribution in [-0.4, -0.2) is 49.9 Å². The number of nitrogens with one attached hydrogen (secondary N) is 2. The molecule has 6 heteroatoms. The van der Waals surface area contributed by atoms with Crippen LogP contribution in [0.3, 0.4) is 0 Å². The molecule has 0 aromatic carbocycles. The molecule has 0 spiro atoms. The molecule has 1 rings (SSSR count). The molecule has 1 atom stereocenters. The molecule has 0 aromatic heterocycles. The summed E-state index contributed by atoms with van der Waals surface area (Å²) in [6, 6.07) is -0.0340. The topological polar surface area (TPSA) is 61.4 Å². The van der Waals surface area contributed by atoms with Crippen LogP contribution < -0.4 is 10.6 Å². The monoisotopic (exact) mass is 277 g/mol. The van der Waals surface area contributed by atoms with Gasteiger partial charge in [-0.3, -0.25) is 9.59 Å². The van der Waals surface area contributed by atoms with Gasteiger partial charge in [0.15, 0.2) is 0 Å². The molecule has 2 N–H and O–H groups in total. The summed E-state index contributed by atoms with van der Waals surface area (Å²) in [7, 11) is 3.49. The molecule has 1 aliphatic heterocycles. The fourth-order valence-corrected chi connectivity index (χ4v) is 1.87. The predicted octanol–water partition coefficient (Wildman–Crippen LogP) is 0.535. The summed E-state index contributed by atoms with van der Waals surface area (Å²) in [6.45, 7) is 1.51. The maximum absolute atomic E-state index is 11.7. The standard InChI is InChI=1S/C12H23N3O2.ClH/c1-15(2)11(16)7-5-9-14-12(17)10-6-3-4-8-13-10;/h10,13H,3-9H2,1-2H3,(H,14,17);1H. The molecule has 1 unspecified atom stereocenters. The van der Waals surface area contributed by atoms with Crippen molar-refractivity contribution in [1.29, 1.82) is 0 Å². The molecule has 106 valence electrons. The fraction of sp³-hybridized carbons (Fsp3) is 0.833. The van der Waals surface area contributed by atoms with Gasteiger partial charge in [0.05, 0.1) is 6.04 Å². The maximum atomic E-state index is 11.7. The number of carbonyl (C=O) groups excluding carboxylic acids is 2. The summed E-state index contributed by atoms with van der Waals surface area (Å²) in [5, 5.41) is 6.07. The van der Waals surface area contributed by atoms with Gasteiger partial charge in [-0.1, -0.05) is 6.42 Å². The van der Waals surface area contributed by atoms with Crippen molar-refractivity contribution in [1.82, 2.24) is 15.5 Å². The first-order valence-corrected chi connectivity index (χ1v) is 6.32. The molecule has 0 aliphatic carbocycles. The number of halogens is 1. The van der Waals surface area contributed by atoms with Gasteiger partial charge in [-0.05, 0) is 25.8 Å². The molecule has 0 aromatic rings. The van der Waals surface area contributed by atoms with Gasteiger partial charge >= 0.3 is 0 Å². The minimum Gasteiger partial charge on any atom is -0.355 e. The molecule has 1 saturated heterocycles. The van der Waals surface area contributed by atoms with E-state index in [9.17, 15) is 9.59 Å². The highest BCUT2D eigenvalue weighted by molar-refractivity contribution is 5.85. The Morgan fingerprint density at radius 3 is 2.61 bits per heavy atom. The third-order valence-electron chi connectivity index (χ3n) is 2.99. The van der Waals surface area contributed by atoms with Crippen molar-refractivity contribution in [2.75, 3.05) is 27.2 Å². The minimum absolute atomic E-state index is 0. The number of amides is 2. The number of piperidine rings is 1. The molecule has 1 fully saturated rings. The molecule has 1 aliphatic rings. The van der Waals surface area contributed by atoms with E-state index >= 15 is 0 Å². The Kier molecular flexibility index (Phi) is 8.75. The van der Waals surface area contributed by atoms with E-state index in [2.05, 4.69) is 10.6 Å². The van der Waals surface area contributed by atoms with Crippen molar-refractivity contribution in [2.24, 2.45) is 0 Å². The average Bonchev–Trinajstić information content (AvgIpc) is 2.35. The molecule has 18 heavy (non-hydrogen) atoms. The summed E-state index contributed by atoms with van der Waals surface area (Å²) in [4.78, 5) is 24.6. The van der Waals surface area contributed by atoms with Crippen LogP contribution in [0.5, 0.6) is 0 Å². The number of hydrogen-bond acceptors (Lipinski definition) is 3. The summed E-state index contributed by atoms with van der Waals surface area (Å²) in [6.07, 6.45) is 4.38. The quantitative estimate of drug-likeness (QED) is 0.721. The van der Waals surface area contributed by atoms with Crippen molar-refractivity contribution >= 4 is 24.2 Å². The zero-order valence-corrected chi connectivity index (χ0v) is 12.0. The first-order valence-electron chi connectivity index (χ1n) is 6.32. The first kappa shape index (κ1) is 17.2. The van der Waals surface area contributed by atoms with Crippen LogP contribution >= 0.6 is 12.4 Å². The van der Waals surface area contributed by atoms with Crippen LogP contribution in [0.4, 0.5) is 0 Å². The third kappa shape index (κ3) is 6.21. The summed E-state index contributed by atoms with van der Waals surface area (Å²) in [5.74, 6) is 0.178. The first-order chi connectivity index (χ1) is 8.11. The molecule has 5 nitrogen and oxygen atoms in total. The van der Waals surface area contributed by atoms with Gasteiger partial charge in [0, 0.05) is 27.1 Å². The lowest BCUT2D eigenvalue weighted by Gasteiger charge is -2.22. The predicted molar refractivity (Wildman–Crippen MR) is 73.8 cm³/mol. The summed E-state index contributed by atoms with van der Waals surface area (Å²) >= 11 is 0. The Hall–Kier alpha value is -0.810. The second-order valence-electron chi connectivity index (χ2n) is 4.69. The number of hydrogen-bond donors (Lipinski definition) is 2. The molecular weight excluding hydrogens is 254 g/mol. The van der Waals surface area contributed by atoms with Crippen LogP contribution in [0, 0.1) is 0 Å². The molecule has 0 radical (unpaired) electrons. The summed E-state index contributed by atoms with van der Waals surface area (Å²) in [5.41, 5.74) is 0. The van der Waals surface area contributed by atoms with Gasteiger partial charge in [0.1, 0.15) is 0 Å². The second-order valence-corrected chi connectivity index (χ2v) is 4.69. The highest BCUT2D eigenvalue weighted by atomic mass is 35.5. The van der Waals surface area contributed by atoms with E-state index in [1.807, 2.05) is 0 Å². The Morgan fingerprint density at radius 1 is 1.33 bits per heavy atom. The Morgan fingerprint density at radius 2 is 2.06 bits per heavy atom. The number of carbonyl (C=O) groups is 2. The zero-order valence-electron chi connectivity index (χ0n) is 11.2. The van der Waals surface area contributed by atoms with E-state index in [0.717, 1.165) is 25.8 Å². The van der Waals surface area contributed by atoms with Crippen molar-refractivity contribution in [3.05, 3.63) is 0 Å². The minimum atomic E-state index is -0.0340. The summed E-state index contributed by atoms with van der Waals surface area (Å²) < 4.78 is 0. The Bertz CT molecular complexity index is 266. The van der Waals surface area contributed by atoms with Gasteiger partial charge in [-0.2, -0.15) is 0 Å². The largest absolute Gasteiger partial charge is 0.355 e. The number of nitrogens with zero attached hydrogens (tertiary/aromatic N) is 1. The molecular formula is C12H24ClN3O2. The van der Waals surface area contributed by atoms with E-state index in [4.69, 9.17) is 0 Å². The van der Waals surface area contributed by atoms with Crippen LogP contribution in [0.25, 0.3) is 0 Å². The Balaban J connectivity index is 0.00000289. The number of rotatable bonds is 5. The lowest BCUT2D eigenvalue weighted by molar-refractivity contribution is -0.129. The highest BCUT2D eigenvalue weighted by Crippen LogP contribution is 2.06. The molecule has 0 saturated carbocycles. The van der Waals surface area contributed by atoms with Gasteiger partial charge in [0.2, 0.25) is 11.8 Å². The average molecular weight is 278 g/mol. The van der Waals surface area contributed by atoms with E-state index in [-0.39, 0.29) is 30.3 Å². The van der Waals surface area contributed by atoms with E-state index < -0.39 is 0 Å². The normalized spacial score (nSPS) is 18.7. The third-order valence-corrected chi connectivity index (χ3v) is 2.99. The SMILES string of the molecule is CN(C)C(=O)CCCNC(=O)C1CCCCN1.Cl. The van der Waals surface area contributed by atoms with Crippen molar-refractivity contribution in [3.63, 3.8) is 0 Å². The van der Waals surface area contributed by atoms with Crippen molar-refractivity contribution in [3.8, 4) is 0 Å². The van der Waals surface area contributed by atoms with Gasteiger partial charge < -0.3 is 15.5 Å². The van der Waals surface area contributed by atoms with Crippen LogP contribution in [-0.2, 0) is 9.59 Å².